The summed E-state index contributed by atoms with van der Waals surface area (Å²) >= 11 is 0. The van der Waals surface area contributed by atoms with Crippen molar-refractivity contribution in [2.75, 3.05) is 20.3 Å². The van der Waals surface area contributed by atoms with Gasteiger partial charge in [0, 0.05) is 24.8 Å². The van der Waals surface area contributed by atoms with E-state index in [4.69, 9.17) is 4.74 Å². The van der Waals surface area contributed by atoms with Gasteiger partial charge in [0.25, 0.3) is 5.91 Å². The highest BCUT2D eigenvalue weighted by molar-refractivity contribution is 7.89. The summed E-state index contributed by atoms with van der Waals surface area (Å²) < 4.78 is 31.5. The molecule has 0 aliphatic rings. The molecular weight excluding hydrogens is 340 g/mol. The number of hydrogen-bond acceptors (Lipinski definition) is 4. The number of benzene rings is 1. The third-order valence-corrected chi connectivity index (χ3v) is 4.93. The van der Waals surface area contributed by atoms with Gasteiger partial charge in [0.15, 0.2) is 0 Å². The molecule has 6 nitrogen and oxygen atoms in total. The molecule has 0 atom stereocenters. The lowest BCUT2D eigenvalue weighted by Crippen LogP contribution is -2.45. The van der Waals surface area contributed by atoms with Gasteiger partial charge in [0.2, 0.25) is 10.0 Å². The number of sulfonamides is 1. The summed E-state index contributed by atoms with van der Waals surface area (Å²) in [5, 5.41) is 3.01. The molecule has 0 aliphatic carbocycles. The summed E-state index contributed by atoms with van der Waals surface area (Å²) in [6.07, 6.45) is 0.821. The van der Waals surface area contributed by atoms with Gasteiger partial charge in [-0.15, -0.1) is 0 Å². The molecule has 0 saturated heterocycles. The highest BCUT2D eigenvalue weighted by atomic mass is 32.2. The summed E-state index contributed by atoms with van der Waals surface area (Å²) in [6, 6.07) is 5.91. The van der Waals surface area contributed by atoms with E-state index in [1.165, 1.54) is 31.4 Å². The molecule has 1 rings (SSSR count). The fourth-order valence-corrected chi connectivity index (χ4v) is 3.91. The number of amides is 1. The van der Waals surface area contributed by atoms with Crippen LogP contribution >= 0.6 is 0 Å². The van der Waals surface area contributed by atoms with E-state index in [1.54, 1.807) is 0 Å². The highest BCUT2D eigenvalue weighted by Crippen LogP contribution is 2.27. The molecule has 0 aliphatic heterocycles. The van der Waals surface area contributed by atoms with Crippen LogP contribution in [0.3, 0.4) is 0 Å². The van der Waals surface area contributed by atoms with Gasteiger partial charge in [0.05, 0.1) is 11.5 Å². The molecule has 0 heterocycles. The van der Waals surface area contributed by atoms with Crippen LogP contribution in [0.25, 0.3) is 0 Å². The molecule has 1 aromatic rings. The zero-order valence-electron chi connectivity index (χ0n) is 16.0. The van der Waals surface area contributed by atoms with Gasteiger partial charge < -0.3 is 10.1 Å². The Hall–Kier alpha value is -1.44. The Morgan fingerprint density at radius 1 is 1.08 bits per heavy atom. The lowest BCUT2D eigenvalue weighted by Gasteiger charge is -2.33. The molecule has 25 heavy (non-hydrogen) atoms. The average Bonchev–Trinajstić information content (AvgIpc) is 2.44. The van der Waals surface area contributed by atoms with Gasteiger partial charge in [-0.2, -0.15) is 0 Å². The Morgan fingerprint density at radius 3 is 2.12 bits per heavy atom. The molecule has 0 unspecified atom stereocenters. The van der Waals surface area contributed by atoms with Crippen LogP contribution in [0.15, 0.2) is 29.2 Å². The molecule has 1 aromatic carbocycles. The third-order valence-electron chi connectivity index (χ3n) is 3.45. The van der Waals surface area contributed by atoms with Gasteiger partial charge in [-0.05, 0) is 49.9 Å². The Bertz CT molecular complexity index is 674. The zero-order valence-corrected chi connectivity index (χ0v) is 16.8. The molecule has 7 heteroatoms. The van der Waals surface area contributed by atoms with Crippen LogP contribution in [0.4, 0.5) is 0 Å². The first-order chi connectivity index (χ1) is 11.4. The van der Waals surface area contributed by atoms with Crippen LogP contribution in [0.1, 0.15) is 51.4 Å². The number of methoxy groups -OCH3 is 1. The lowest BCUT2D eigenvalue weighted by atomic mass is 9.81. The Kier molecular flexibility index (Phi) is 7.17. The highest BCUT2D eigenvalue weighted by Gasteiger charge is 2.27. The predicted molar refractivity (Wildman–Crippen MR) is 99.1 cm³/mol. The SMILES string of the molecule is COCCNS(=O)(=O)c1ccc(C(=O)NC(C)(C)CC(C)(C)C)cc1. The van der Waals surface area contributed by atoms with E-state index >= 15 is 0 Å². The van der Waals surface area contributed by atoms with Crippen molar-refractivity contribution in [2.24, 2.45) is 5.41 Å². The number of rotatable bonds is 8. The first kappa shape index (κ1) is 21.6. The molecule has 0 saturated carbocycles. The van der Waals surface area contributed by atoms with Crippen molar-refractivity contribution in [2.45, 2.75) is 51.5 Å². The van der Waals surface area contributed by atoms with Crippen molar-refractivity contribution in [3.63, 3.8) is 0 Å². The van der Waals surface area contributed by atoms with Crippen molar-refractivity contribution in [1.82, 2.24) is 10.0 Å². The van der Waals surface area contributed by atoms with Crippen LogP contribution < -0.4 is 10.0 Å². The summed E-state index contributed by atoms with van der Waals surface area (Å²) in [5.74, 6) is -0.217. The minimum Gasteiger partial charge on any atom is -0.383 e. The number of nitrogens with one attached hydrogen (secondary N) is 2. The third kappa shape index (κ3) is 7.54. The van der Waals surface area contributed by atoms with Gasteiger partial charge in [-0.1, -0.05) is 20.8 Å². The fourth-order valence-electron chi connectivity index (χ4n) is 2.90. The maximum atomic E-state index is 12.4. The van der Waals surface area contributed by atoms with Crippen LogP contribution in [0.2, 0.25) is 0 Å². The summed E-state index contributed by atoms with van der Waals surface area (Å²) in [7, 11) is -2.09. The van der Waals surface area contributed by atoms with Gasteiger partial charge >= 0.3 is 0 Å². The minimum absolute atomic E-state index is 0.0859. The molecule has 2 N–H and O–H groups in total. The first-order valence-corrected chi connectivity index (χ1v) is 9.76. The summed E-state index contributed by atoms with van der Waals surface area (Å²) in [6.45, 7) is 10.8. The second-order valence-corrected chi connectivity index (χ2v) is 9.76. The van der Waals surface area contributed by atoms with Crippen LogP contribution in [-0.2, 0) is 14.8 Å². The lowest BCUT2D eigenvalue weighted by molar-refractivity contribution is 0.0891. The molecule has 1 amide bonds. The van der Waals surface area contributed by atoms with Crippen LogP contribution in [-0.4, -0.2) is 40.1 Å². The monoisotopic (exact) mass is 370 g/mol. The van der Waals surface area contributed by atoms with E-state index in [2.05, 4.69) is 30.8 Å². The predicted octanol–water partition coefficient (Wildman–Crippen LogP) is 2.56. The maximum absolute atomic E-state index is 12.4. The molecular formula is C18H30N2O4S. The van der Waals surface area contributed by atoms with E-state index < -0.39 is 10.0 Å². The van der Waals surface area contributed by atoms with E-state index in [-0.39, 0.29) is 28.3 Å². The maximum Gasteiger partial charge on any atom is 0.251 e. The fraction of sp³-hybridized carbons (Fsp3) is 0.611. The van der Waals surface area contributed by atoms with Crippen LogP contribution in [0, 0.1) is 5.41 Å². The Balaban J connectivity index is 2.80. The van der Waals surface area contributed by atoms with E-state index in [0.717, 1.165) is 6.42 Å². The number of hydrogen-bond donors (Lipinski definition) is 2. The normalized spacial score (nSPS) is 12.9. The molecule has 0 aromatic heterocycles. The Labute approximate surface area is 151 Å². The standard InChI is InChI=1S/C18H30N2O4S/c1-17(2,3)13-18(4,5)20-16(21)14-7-9-15(10-8-14)25(22,23)19-11-12-24-6/h7-10,19H,11-13H2,1-6H3,(H,20,21). The summed E-state index contributed by atoms with van der Waals surface area (Å²) in [5.41, 5.74) is 0.155. The first-order valence-electron chi connectivity index (χ1n) is 8.27. The van der Waals surface area contributed by atoms with Gasteiger partial charge in [-0.25, -0.2) is 13.1 Å². The topological polar surface area (TPSA) is 84.5 Å². The second-order valence-electron chi connectivity index (χ2n) is 7.99. The smallest absolute Gasteiger partial charge is 0.251 e. The van der Waals surface area contributed by atoms with E-state index in [1.807, 2.05) is 13.8 Å². The zero-order chi connectivity index (χ0) is 19.3. The van der Waals surface area contributed by atoms with Crippen molar-refractivity contribution in [1.29, 1.82) is 0 Å². The number of carbonyl (C=O) groups excluding carboxylic acids is 1. The average molecular weight is 371 g/mol. The molecule has 142 valence electrons. The van der Waals surface area contributed by atoms with E-state index in [0.29, 0.717) is 12.2 Å². The van der Waals surface area contributed by atoms with Crippen molar-refractivity contribution in [3.05, 3.63) is 29.8 Å². The van der Waals surface area contributed by atoms with E-state index in [9.17, 15) is 13.2 Å². The number of carbonyl (C=O) groups is 1. The quantitative estimate of drug-likeness (QED) is 0.689. The molecule has 0 bridgehead atoms. The summed E-state index contributed by atoms with van der Waals surface area (Å²) in [4.78, 5) is 12.5. The van der Waals surface area contributed by atoms with Gasteiger partial charge in [-0.3, -0.25) is 4.79 Å². The van der Waals surface area contributed by atoms with Crippen LogP contribution in [0.5, 0.6) is 0 Å². The van der Waals surface area contributed by atoms with Gasteiger partial charge in [0.1, 0.15) is 0 Å². The van der Waals surface area contributed by atoms with Crippen molar-refractivity contribution < 1.29 is 17.9 Å². The molecule has 0 fully saturated rings. The van der Waals surface area contributed by atoms with Crippen molar-refractivity contribution >= 4 is 15.9 Å². The largest absolute Gasteiger partial charge is 0.383 e. The molecule has 0 spiro atoms. The number of ether oxygens (including phenoxy) is 1. The second kappa shape index (κ2) is 8.29. The van der Waals surface area contributed by atoms with Crippen molar-refractivity contribution in [3.8, 4) is 0 Å². The minimum atomic E-state index is -3.60. The Morgan fingerprint density at radius 2 is 1.64 bits per heavy atom. The molecule has 0 radical (unpaired) electrons.